The first kappa shape index (κ1) is 16.2. The number of aromatic nitrogens is 3. The van der Waals surface area contributed by atoms with Crippen molar-refractivity contribution >= 4 is 5.91 Å². The number of amides is 1. The number of nitrogens with one attached hydrogen (secondary N) is 1. The summed E-state index contributed by atoms with van der Waals surface area (Å²) < 4.78 is 11.0. The molecule has 5 rings (SSSR count). The maximum Gasteiger partial charge on any atom is 0.273 e. The summed E-state index contributed by atoms with van der Waals surface area (Å²) >= 11 is 0. The van der Waals surface area contributed by atoms with Crippen LogP contribution in [0.4, 0.5) is 0 Å². The molecule has 0 spiro atoms. The van der Waals surface area contributed by atoms with Gasteiger partial charge in [0.05, 0.1) is 0 Å². The number of carbonyl (C=O) groups excluding carboxylic acids is 1. The molecule has 3 aromatic rings. The molecule has 27 heavy (non-hydrogen) atoms. The summed E-state index contributed by atoms with van der Waals surface area (Å²) in [7, 11) is 0. The molecule has 1 aromatic carbocycles. The third kappa shape index (κ3) is 3.12. The molecule has 0 atom stereocenters. The maximum atomic E-state index is 12.4. The number of nitrogens with zero attached hydrogens (tertiary/aromatic N) is 4. The lowest BCUT2D eigenvalue weighted by Crippen LogP contribution is -2.43. The fourth-order valence-electron chi connectivity index (χ4n) is 3.31. The standard InChI is InChI=1S/C19H18N5O3/c25-17(15-8-16(27-24-15)11-4-2-1-3-5-11)21-14-6-12(7-14)18-22-23-19(26-18)13-9-20-10-13/h1-5,8,12-14H,6-7,9-10H2,(H,21,25)/q-1. The van der Waals surface area contributed by atoms with E-state index in [2.05, 4.69) is 26.0 Å². The molecule has 0 bridgehead atoms. The van der Waals surface area contributed by atoms with Crippen molar-refractivity contribution in [1.82, 2.24) is 20.7 Å². The summed E-state index contributed by atoms with van der Waals surface area (Å²) in [5.74, 6) is 2.18. The van der Waals surface area contributed by atoms with E-state index in [-0.39, 0.29) is 29.5 Å². The Morgan fingerprint density at radius 1 is 1.07 bits per heavy atom. The van der Waals surface area contributed by atoms with Crippen molar-refractivity contribution < 1.29 is 13.7 Å². The van der Waals surface area contributed by atoms with Crippen LogP contribution in [-0.2, 0) is 0 Å². The monoisotopic (exact) mass is 364 g/mol. The molecule has 8 nitrogen and oxygen atoms in total. The van der Waals surface area contributed by atoms with Gasteiger partial charge in [-0.15, -0.1) is 23.3 Å². The summed E-state index contributed by atoms with van der Waals surface area (Å²) in [4.78, 5) is 12.4. The quantitative estimate of drug-likeness (QED) is 0.746. The minimum absolute atomic E-state index is 0.0772. The van der Waals surface area contributed by atoms with Crippen LogP contribution in [0.15, 0.2) is 45.3 Å². The van der Waals surface area contributed by atoms with Gasteiger partial charge in [-0.25, -0.2) is 0 Å². The maximum absolute atomic E-state index is 12.4. The Kier molecular flexibility index (Phi) is 3.97. The molecular weight excluding hydrogens is 346 g/mol. The Morgan fingerprint density at radius 3 is 2.52 bits per heavy atom. The van der Waals surface area contributed by atoms with Crippen molar-refractivity contribution in [3.05, 3.63) is 59.2 Å². The van der Waals surface area contributed by atoms with Crippen molar-refractivity contribution in [2.75, 3.05) is 13.1 Å². The molecule has 1 aliphatic carbocycles. The molecule has 2 fully saturated rings. The summed E-state index contributed by atoms with van der Waals surface area (Å²) in [6.45, 7) is 1.54. The highest BCUT2D eigenvalue weighted by Gasteiger charge is 2.36. The van der Waals surface area contributed by atoms with E-state index in [1.165, 1.54) is 0 Å². The van der Waals surface area contributed by atoms with E-state index in [9.17, 15) is 4.79 Å². The van der Waals surface area contributed by atoms with Gasteiger partial charge in [0.2, 0.25) is 11.8 Å². The highest BCUT2D eigenvalue weighted by molar-refractivity contribution is 5.93. The lowest BCUT2D eigenvalue weighted by Gasteiger charge is -2.38. The van der Waals surface area contributed by atoms with Crippen LogP contribution in [0.25, 0.3) is 16.6 Å². The zero-order valence-corrected chi connectivity index (χ0v) is 14.5. The molecule has 1 N–H and O–H groups in total. The van der Waals surface area contributed by atoms with Crippen LogP contribution in [0.5, 0.6) is 0 Å². The summed E-state index contributed by atoms with van der Waals surface area (Å²) in [5, 5.41) is 19.3. The number of hydrogen-bond donors (Lipinski definition) is 1. The van der Waals surface area contributed by atoms with Crippen molar-refractivity contribution in [2.45, 2.75) is 30.7 Å². The second-order valence-electron chi connectivity index (χ2n) is 7.05. The van der Waals surface area contributed by atoms with Gasteiger partial charge in [-0.05, 0) is 18.8 Å². The van der Waals surface area contributed by atoms with E-state index in [1.54, 1.807) is 6.07 Å². The lowest BCUT2D eigenvalue weighted by atomic mass is 9.80. The van der Waals surface area contributed by atoms with Crippen molar-refractivity contribution in [1.29, 1.82) is 0 Å². The van der Waals surface area contributed by atoms with Crippen LogP contribution in [0.2, 0.25) is 0 Å². The Labute approximate surface area is 155 Å². The lowest BCUT2D eigenvalue weighted by molar-refractivity contribution is 0.0893. The van der Waals surface area contributed by atoms with Crippen LogP contribution in [0.3, 0.4) is 0 Å². The third-order valence-corrected chi connectivity index (χ3v) is 5.13. The van der Waals surface area contributed by atoms with Gasteiger partial charge in [0.1, 0.15) is 0 Å². The zero-order valence-electron chi connectivity index (χ0n) is 14.5. The SMILES string of the molecule is O=C(NC1CC(c2nnc(C3C[N-]C3)o2)C1)c1cc(-c2ccccc2)on1. The van der Waals surface area contributed by atoms with Gasteiger partial charge in [0.15, 0.2) is 11.5 Å². The van der Waals surface area contributed by atoms with E-state index < -0.39 is 0 Å². The van der Waals surface area contributed by atoms with Crippen molar-refractivity contribution in [3.8, 4) is 11.3 Å². The van der Waals surface area contributed by atoms with Crippen LogP contribution in [0, 0.1) is 0 Å². The topological polar surface area (TPSA) is 108 Å². The molecule has 2 aliphatic rings. The molecule has 0 radical (unpaired) electrons. The Bertz CT molecular complexity index is 941. The van der Waals surface area contributed by atoms with E-state index >= 15 is 0 Å². The Morgan fingerprint density at radius 2 is 1.81 bits per heavy atom. The van der Waals surface area contributed by atoms with Crippen LogP contribution >= 0.6 is 0 Å². The van der Waals surface area contributed by atoms with E-state index in [4.69, 9.17) is 8.94 Å². The largest absolute Gasteiger partial charge is 0.661 e. The number of benzene rings is 1. The molecule has 3 heterocycles. The van der Waals surface area contributed by atoms with Gasteiger partial charge in [0, 0.05) is 23.6 Å². The fraction of sp³-hybridized carbons (Fsp3) is 0.368. The van der Waals surface area contributed by atoms with Gasteiger partial charge in [0.25, 0.3) is 5.91 Å². The van der Waals surface area contributed by atoms with Gasteiger partial charge in [-0.2, -0.15) is 0 Å². The first-order chi connectivity index (χ1) is 13.3. The minimum atomic E-state index is -0.230. The Balaban J connectivity index is 1.16. The number of hydrogen-bond acceptors (Lipinski definition) is 6. The zero-order chi connectivity index (χ0) is 18.2. The fourth-order valence-corrected chi connectivity index (χ4v) is 3.31. The number of carbonyl (C=O) groups is 1. The van der Waals surface area contributed by atoms with Gasteiger partial charge in [-0.3, -0.25) is 4.79 Å². The average Bonchev–Trinajstić information content (AvgIpc) is 3.27. The number of rotatable bonds is 5. The summed E-state index contributed by atoms with van der Waals surface area (Å²) in [5.41, 5.74) is 1.17. The normalized spacial score (nSPS) is 22.1. The van der Waals surface area contributed by atoms with Crippen LogP contribution in [0.1, 0.15) is 46.9 Å². The van der Waals surface area contributed by atoms with E-state index in [0.717, 1.165) is 31.5 Å². The average molecular weight is 364 g/mol. The molecule has 1 amide bonds. The van der Waals surface area contributed by atoms with Gasteiger partial charge < -0.3 is 19.6 Å². The van der Waals surface area contributed by atoms with E-state index in [0.29, 0.717) is 17.5 Å². The Hall–Kier alpha value is -3.00. The second kappa shape index (κ2) is 6.62. The molecule has 1 saturated heterocycles. The first-order valence-corrected chi connectivity index (χ1v) is 9.06. The molecule has 0 unspecified atom stereocenters. The molecule has 2 aromatic heterocycles. The summed E-state index contributed by atoms with van der Waals surface area (Å²) in [6, 6.07) is 11.3. The molecular formula is C19H18N5O3-. The predicted octanol–water partition coefficient (Wildman–Crippen LogP) is 2.87. The minimum Gasteiger partial charge on any atom is -0.661 e. The predicted molar refractivity (Wildman–Crippen MR) is 95.3 cm³/mol. The molecule has 138 valence electrons. The third-order valence-electron chi connectivity index (χ3n) is 5.13. The van der Waals surface area contributed by atoms with Crippen molar-refractivity contribution in [3.63, 3.8) is 0 Å². The molecule has 8 heteroatoms. The van der Waals surface area contributed by atoms with Gasteiger partial charge in [-0.1, -0.05) is 35.5 Å². The van der Waals surface area contributed by atoms with Crippen LogP contribution in [-0.4, -0.2) is 40.4 Å². The molecule has 1 aliphatic heterocycles. The van der Waals surface area contributed by atoms with Gasteiger partial charge >= 0.3 is 0 Å². The highest BCUT2D eigenvalue weighted by Crippen LogP contribution is 2.37. The van der Waals surface area contributed by atoms with E-state index in [1.807, 2.05) is 30.3 Å². The highest BCUT2D eigenvalue weighted by atomic mass is 16.5. The summed E-state index contributed by atoms with van der Waals surface area (Å²) in [6.07, 6.45) is 1.57. The first-order valence-electron chi connectivity index (χ1n) is 9.06. The van der Waals surface area contributed by atoms with Crippen LogP contribution < -0.4 is 5.32 Å². The van der Waals surface area contributed by atoms with Crippen molar-refractivity contribution in [2.24, 2.45) is 0 Å². The molecule has 1 saturated carbocycles. The second-order valence-corrected chi connectivity index (χ2v) is 7.05. The smallest absolute Gasteiger partial charge is 0.273 e.